The number of carbonyl (C=O) groups excluding carboxylic acids is 1. The van der Waals surface area contributed by atoms with Crippen molar-refractivity contribution in [3.63, 3.8) is 0 Å². The molecule has 0 spiro atoms. The second-order valence-electron chi connectivity index (χ2n) is 3.70. The van der Waals surface area contributed by atoms with Gasteiger partial charge in [0.1, 0.15) is 12.2 Å². The van der Waals surface area contributed by atoms with E-state index >= 15 is 0 Å². The highest BCUT2D eigenvalue weighted by molar-refractivity contribution is 5.74. The van der Waals surface area contributed by atoms with E-state index in [0.717, 1.165) is 6.92 Å². The first-order valence-corrected chi connectivity index (χ1v) is 4.94. The van der Waals surface area contributed by atoms with Crippen LogP contribution in [0.2, 0.25) is 0 Å². The highest BCUT2D eigenvalue weighted by Crippen LogP contribution is 2.22. The van der Waals surface area contributed by atoms with Crippen LogP contribution in [0.1, 0.15) is 6.92 Å². The Hall–Kier alpha value is -1.87. The largest absolute Gasteiger partial charge is 0.479 e. The second kappa shape index (κ2) is 5.65. The van der Waals surface area contributed by atoms with Gasteiger partial charge in [-0.15, -0.1) is 0 Å². The van der Waals surface area contributed by atoms with Gasteiger partial charge in [0.25, 0.3) is 0 Å². The second-order valence-corrected chi connectivity index (χ2v) is 3.70. The van der Waals surface area contributed by atoms with Gasteiger partial charge in [-0.2, -0.15) is 0 Å². The zero-order valence-corrected chi connectivity index (χ0v) is 9.29. The van der Waals surface area contributed by atoms with Gasteiger partial charge in [0.15, 0.2) is 12.3 Å². The maximum atomic E-state index is 10.9. The van der Waals surface area contributed by atoms with Gasteiger partial charge >= 0.3 is 5.97 Å². The summed E-state index contributed by atoms with van der Waals surface area (Å²) in [7, 11) is 0. The monoisotopic (exact) mass is 260 g/mol. The van der Waals surface area contributed by atoms with E-state index in [4.69, 9.17) is 15.4 Å². The summed E-state index contributed by atoms with van der Waals surface area (Å²) in [6.45, 7) is 1.15. The number of hydrogen-bond acceptors (Lipinski definition) is 6. The highest BCUT2D eigenvalue weighted by atomic mass is 16.6. The molecular formula is C8H12N4O6. The van der Waals surface area contributed by atoms with E-state index in [-0.39, 0.29) is 0 Å². The zero-order chi connectivity index (χ0) is 13.9. The number of nitrogens with one attached hydrogen (secondary N) is 1. The van der Waals surface area contributed by atoms with Crippen molar-refractivity contribution in [3.05, 3.63) is 10.4 Å². The van der Waals surface area contributed by atoms with Crippen LogP contribution in [0, 0.1) is 0 Å². The van der Waals surface area contributed by atoms with Crippen molar-refractivity contribution >= 4 is 11.9 Å². The molecule has 0 unspecified atom stereocenters. The van der Waals surface area contributed by atoms with Crippen molar-refractivity contribution in [1.82, 2.24) is 5.32 Å². The molecule has 1 aliphatic rings. The molecule has 1 rings (SSSR count). The van der Waals surface area contributed by atoms with Crippen LogP contribution < -0.4 is 5.32 Å². The maximum Gasteiger partial charge on any atom is 0.335 e. The molecule has 5 atom stereocenters. The maximum absolute atomic E-state index is 10.9. The van der Waals surface area contributed by atoms with Gasteiger partial charge in [-0.3, -0.25) is 4.79 Å². The van der Waals surface area contributed by atoms with Gasteiger partial charge in [0.05, 0.1) is 6.04 Å². The SMILES string of the molecule is CC(=O)N[C@@H]1[C@@H](O)[C@H](O)[C@@H](C(=O)O)O[C@H]1N=[N+]=[N-]. The number of aliphatic hydroxyl groups is 2. The Morgan fingerprint density at radius 2 is 2.00 bits per heavy atom. The number of azide groups is 1. The Bertz CT molecular complexity index is 395. The fourth-order valence-corrected chi connectivity index (χ4v) is 1.62. The van der Waals surface area contributed by atoms with Crippen LogP contribution in [0.3, 0.4) is 0 Å². The Morgan fingerprint density at radius 3 is 2.44 bits per heavy atom. The van der Waals surface area contributed by atoms with Gasteiger partial charge in [-0.25, -0.2) is 4.79 Å². The smallest absolute Gasteiger partial charge is 0.335 e. The zero-order valence-electron chi connectivity index (χ0n) is 9.29. The minimum absolute atomic E-state index is 0.554. The normalized spacial score (nSPS) is 35.4. The van der Waals surface area contributed by atoms with Crippen LogP contribution in [0.4, 0.5) is 0 Å². The summed E-state index contributed by atoms with van der Waals surface area (Å²) in [6, 6.07) is -1.22. The van der Waals surface area contributed by atoms with Crippen molar-refractivity contribution in [3.8, 4) is 0 Å². The number of nitrogens with zero attached hydrogens (tertiary/aromatic N) is 3. The lowest BCUT2D eigenvalue weighted by molar-refractivity contribution is -0.201. The van der Waals surface area contributed by atoms with Crippen molar-refractivity contribution in [1.29, 1.82) is 0 Å². The molecule has 0 radical (unpaired) electrons. The molecule has 100 valence electrons. The number of amides is 1. The van der Waals surface area contributed by atoms with Gasteiger partial charge < -0.3 is 25.4 Å². The van der Waals surface area contributed by atoms with Crippen LogP contribution in [0.5, 0.6) is 0 Å². The third-order valence-corrected chi connectivity index (χ3v) is 2.40. The molecule has 1 amide bonds. The quantitative estimate of drug-likeness (QED) is 0.269. The predicted molar refractivity (Wildman–Crippen MR) is 55.1 cm³/mol. The minimum Gasteiger partial charge on any atom is -0.479 e. The van der Waals surface area contributed by atoms with Crippen molar-refractivity contribution < 1.29 is 29.6 Å². The Labute approximate surface area is 101 Å². The van der Waals surface area contributed by atoms with Crippen molar-refractivity contribution in [2.45, 2.75) is 37.5 Å². The van der Waals surface area contributed by atoms with Crippen LogP contribution in [-0.2, 0) is 14.3 Å². The molecule has 0 saturated carbocycles. The van der Waals surface area contributed by atoms with Gasteiger partial charge in [-0.1, -0.05) is 5.11 Å². The minimum atomic E-state index is -1.75. The number of carbonyl (C=O) groups is 2. The number of aliphatic carboxylic acids is 1. The summed E-state index contributed by atoms with van der Waals surface area (Å²) >= 11 is 0. The summed E-state index contributed by atoms with van der Waals surface area (Å²) < 4.78 is 4.84. The van der Waals surface area contributed by atoms with Crippen LogP contribution in [-0.4, -0.2) is 57.8 Å². The standard InChI is InChI=1S/C8H12N4O6/c1-2(13)10-3-4(14)5(15)6(8(16)17)18-7(3)11-12-9/h3-7,14-15H,1H3,(H,10,13)(H,16,17)/t3-,4-,5+,6+,7-/m1/s1. The fourth-order valence-electron chi connectivity index (χ4n) is 1.62. The molecule has 0 aromatic carbocycles. The molecule has 0 bridgehead atoms. The van der Waals surface area contributed by atoms with Crippen molar-refractivity contribution in [2.24, 2.45) is 5.11 Å². The summed E-state index contributed by atoms with van der Waals surface area (Å²) in [6.07, 6.45) is -6.53. The molecule has 0 aliphatic carbocycles. The van der Waals surface area contributed by atoms with E-state index in [2.05, 4.69) is 15.3 Å². The number of ether oxygens (including phenoxy) is 1. The first kappa shape index (κ1) is 14.2. The Kier molecular flexibility index (Phi) is 4.45. The Morgan fingerprint density at radius 1 is 1.39 bits per heavy atom. The number of aliphatic hydroxyl groups excluding tert-OH is 2. The average Bonchev–Trinajstić information content (AvgIpc) is 2.27. The van der Waals surface area contributed by atoms with Crippen molar-refractivity contribution in [2.75, 3.05) is 0 Å². The number of hydrogen-bond donors (Lipinski definition) is 4. The molecule has 1 heterocycles. The summed E-state index contributed by atoms with van der Waals surface area (Å²) in [5, 5.41) is 33.4. The summed E-state index contributed by atoms with van der Waals surface area (Å²) in [5.41, 5.74) is 8.32. The summed E-state index contributed by atoms with van der Waals surface area (Å²) in [4.78, 5) is 24.1. The van der Waals surface area contributed by atoms with E-state index in [1.165, 1.54) is 0 Å². The van der Waals surface area contributed by atoms with Crippen LogP contribution in [0.15, 0.2) is 5.11 Å². The lowest BCUT2D eigenvalue weighted by Gasteiger charge is -2.39. The average molecular weight is 260 g/mol. The lowest BCUT2D eigenvalue weighted by Crippen LogP contribution is -2.64. The molecule has 18 heavy (non-hydrogen) atoms. The van der Waals surface area contributed by atoms with Gasteiger partial charge in [0, 0.05) is 11.8 Å². The molecule has 1 aliphatic heterocycles. The molecule has 4 N–H and O–H groups in total. The topological polar surface area (TPSA) is 165 Å². The number of carboxylic acid groups (broad SMARTS) is 1. The first-order chi connectivity index (χ1) is 8.38. The first-order valence-electron chi connectivity index (χ1n) is 4.94. The van der Waals surface area contributed by atoms with Crippen LogP contribution in [0.25, 0.3) is 10.4 Å². The molecule has 10 heteroatoms. The van der Waals surface area contributed by atoms with Gasteiger partial charge in [0.2, 0.25) is 5.91 Å². The van der Waals surface area contributed by atoms with Crippen LogP contribution >= 0.6 is 0 Å². The third-order valence-electron chi connectivity index (χ3n) is 2.40. The number of rotatable bonds is 3. The molecule has 0 aromatic heterocycles. The molecule has 1 saturated heterocycles. The van der Waals surface area contributed by atoms with Gasteiger partial charge in [-0.05, 0) is 5.53 Å². The lowest BCUT2D eigenvalue weighted by atomic mass is 9.96. The number of carboxylic acids is 1. The third kappa shape index (κ3) is 2.87. The van der Waals surface area contributed by atoms with E-state index in [1.807, 2.05) is 0 Å². The fraction of sp³-hybridized carbons (Fsp3) is 0.750. The van der Waals surface area contributed by atoms with E-state index in [1.54, 1.807) is 0 Å². The van der Waals surface area contributed by atoms with E-state index in [9.17, 15) is 19.8 Å². The molecule has 1 fully saturated rings. The molecular weight excluding hydrogens is 248 g/mol. The predicted octanol–water partition coefficient (Wildman–Crippen LogP) is -1.67. The molecule has 10 nitrogen and oxygen atoms in total. The van der Waals surface area contributed by atoms with E-state index in [0.29, 0.717) is 0 Å². The summed E-state index contributed by atoms with van der Waals surface area (Å²) in [5.74, 6) is -2.07. The highest BCUT2D eigenvalue weighted by Gasteiger charge is 2.47. The van der Waals surface area contributed by atoms with E-state index < -0.39 is 42.5 Å². The molecule has 0 aromatic rings. The Balaban J connectivity index is 2.99.